The van der Waals surface area contributed by atoms with Gasteiger partial charge in [-0.2, -0.15) is 0 Å². The van der Waals surface area contributed by atoms with Gasteiger partial charge < -0.3 is 10.2 Å². The average molecular weight is 447 g/mol. The van der Waals surface area contributed by atoms with Crippen LogP contribution in [0.5, 0.6) is 0 Å². The molecule has 5 heteroatoms. The first kappa shape index (κ1) is 24.2. The summed E-state index contributed by atoms with van der Waals surface area (Å²) in [4.78, 5) is 28.2. The lowest BCUT2D eigenvalue weighted by Gasteiger charge is -2.31. The minimum atomic E-state index is -0.679. The molecule has 0 unspecified atom stereocenters. The second-order valence-electron chi connectivity index (χ2n) is 8.31. The molecule has 0 aliphatic heterocycles. The van der Waals surface area contributed by atoms with E-state index in [1.807, 2.05) is 68.4 Å². The maximum absolute atomic E-state index is 13.4. The van der Waals surface area contributed by atoms with Crippen molar-refractivity contribution in [3.05, 3.63) is 107 Å². The third-order valence-corrected chi connectivity index (χ3v) is 5.59. The summed E-state index contributed by atoms with van der Waals surface area (Å²) in [5.41, 5.74) is 3.91. The number of halogens is 1. The van der Waals surface area contributed by atoms with Crippen molar-refractivity contribution in [1.29, 1.82) is 0 Å². The molecule has 0 aliphatic rings. The molecule has 1 atom stereocenters. The molecule has 3 aromatic rings. The van der Waals surface area contributed by atoms with E-state index in [1.165, 1.54) is 12.1 Å². The predicted molar refractivity (Wildman–Crippen MR) is 129 cm³/mol. The SMILES string of the molecule is CCCC(=O)N(Cc1ccc(F)cc1)[C@H](Cc1ccccc1)C(=O)NCc1ccc(C)cc1. The second kappa shape index (κ2) is 12.0. The molecule has 2 amide bonds. The van der Waals surface area contributed by atoms with E-state index in [9.17, 15) is 14.0 Å². The van der Waals surface area contributed by atoms with Crippen LogP contribution in [0, 0.1) is 12.7 Å². The molecule has 0 saturated carbocycles. The van der Waals surface area contributed by atoms with E-state index in [1.54, 1.807) is 17.0 Å². The monoisotopic (exact) mass is 446 g/mol. The number of benzene rings is 3. The van der Waals surface area contributed by atoms with Crippen molar-refractivity contribution in [2.75, 3.05) is 0 Å². The van der Waals surface area contributed by atoms with Crippen LogP contribution in [0.2, 0.25) is 0 Å². The molecule has 3 rings (SSSR count). The van der Waals surface area contributed by atoms with E-state index in [4.69, 9.17) is 0 Å². The molecule has 1 N–H and O–H groups in total. The van der Waals surface area contributed by atoms with Gasteiger partial charge in [0, 0.05) is 25.9 Å². The fourth-order valence-corrected chi connectivity index (χ4v) is 3.71. The van der Waals surface area contributed by atoms with Gasteiger partial charge in [0.15, 0.2) is 0 Å². The zero-order valence-corrected chi connectivity index (χ0v) is 19.3. The van der Waals surface area contributed by atoms with Crippen molar-refractivity contribution in [2.45, 2.75) is 52.2 Å². The minimum absolute atomic E-state index is 0.0896. The zero-order chi connectivity index (χ0) is 23.6. The lowest BCUT2D eigenvalue weighted by atomic mass is 10.0. The van der Waals surface area contributed by atoms with Gasteiger partial charge in [-0.1, -0.05) is 79.2 Å². The molecule has 0 aliphatic carbocycles. The molecule has 0 bridgehead atoms. The highest BCUT2D eigenvalue weighted by Crippen LogP contribution is 2.17. The highest BCUT2D eigenvalue weighted by atomic mass is 19.1. The zero-order valence-electron chi connectivity index (χ0n) is 19.3. The fraction of sp³-hybridized carbons (Fsp3) is 0.286. The second-order valence-corrected chi connectivity index (χ2v) is 8.31. The number of hydrogen-bond acceptors (Lipinski definition) is 2. The molecule has 0 aromatic heterocycles. The number of carbonyl (C=O) groups is 2. The van der Waals surface area contributed by atoms with E-state index >= 15 is 0 Å². The van der Waals surface area contributed by atoms with Crippen LogP contribution in [-0.2, 0) is 29.1 Å². The van der Waals surface area contributed by atoms with E-state index in [-0.39, 0.29) is 24.2 Å². The summed E-state index contributed by atoms with van der Waals surface area (Å²) >= 11 is 0. The van der Waals surface area contributed by atoms with Crippen LogP contribution < -0.4 is 5.32 Å². The maximum atomic E-state index is 13.4. The van der Waals surface area contributed by atoms with Crippen LogP contribution in [0.3, 0.4) is 0 Å². The Bertz CT molecular complexity index is 1030. The van der Waals surface area contributed by atoms with E-state index in [2.05, 4.69) is 5.32 Å². The fourth-order valence-electron chi connectivity index (χ4n) is 3.71. The minimum Gasteiger partial charge on any atom is -0.350 e. The number of hydrogen-bond donors (Lipinski definition) is 1. The lowest BCUT2D eigenvalue weighted by molar-refractivity contribution is -0.141. The summed E-state index contributed by atoms with van der Waals surface area (Å²) in [5, 5.41) is 3.02. The third kappa shape index (κ3) is 7.28. The lowest BCUT2D eigenvalue weighted by Crippen LogP contribution is -2.50. The summed E-state index contributed by atoms with van der Waals surface area (Å²) in [6, 6.07) is 23.1. The first-order valence-corrected chi connectivity index (χ1v) is 11.4. The molecular formula is C28H31FN2O2. The summed E-state index contributed by atoms with van der Waals surface area (Å²) < 4.78 is 13.4. The van der Waals surface area contributed by atoms with Crippen molar-refractivity contribution in [1.82, 2.24) is 10.2 Å². The van der Waals surface area contributed by atoms with Crippen molar-refractivity contribution in [3.8, 4) is 0 Å². The number of nitrogens with zero attached hydrogens (tertiary/aromatic N) is 1. The largest absolute Gasteiger partial charge is 0.350 e. The number of amides is 2. The van der Waals surface area contributed by atoms with Crippen LogP contribution in [0.25, 0.3) is 0 Å². The first-order valence-electron chi connectivity index (χ1n) is 11.4. The highest BCUT2D eigenvalue weighted by Gasteiger charge is 2.29. The summed E-state index contributed by atoms with van der Waals surface area (Å²) in [7, 11) is 0. The van der Waals surface area contributed by atoms with E-state index in [0.29, 0.717) is 25.8 Å². The van der Waals surface area contributed by atoms with Gasteiger partial charge in [0.25, 0.3) is 0 Å². The van der Waals surface area contributed by atoms with Crippen LogP contribution in [-0.4, -0.2) is 22.8 Å². The van der Waals surface area contributed by atoms with Crippen molar-refractivity contribution < 1.29 is 14.0 Å². The average Bonchev–Trinajstić information content (AvgIpc) is 2.82. The van der Waals surface area contributed by atoms with E-state index < -0.39 is 6.04 Å². The molecular weight excluding hydrogens is 415 g/mol. The predicted octanol–water partition coefficient (Wildman–Crippen LogP) is 5.19. The number of carbonyl (C=O) groups excluding carboxylic acids is 2. The van der Waals surface area contributed by atoms with Gasteiger partial charge in [0.05, 0.1) is 0 Å². The van der Waals surface area contributed by atoms with E-state index in [0.717, 1.165) is 22.3 Å². The van der Waals surface area contributed by atoms with Crippen molar-refractivity contribution in [2.24, 2.45) is 0 Å². The Morgan fingerprint density at radius 3 is 2.15 bits per heavy atom. The normalized spacial score (nSPS) is 11.6. The van der Waals surface area contributed by atoms with Gasteiger partial charge in [-0.25, -0.2) is 4.39 Å². The Hall–Kier alpha value is -3.47. The quantitative estimate of drug-likeness (QED) is 0.466. The Kier molecular flexibility index (Phi) is 8.76. The third-order valence-electron chi connectivity index (χ3n) is 5.59. The molecule has 4 nitrogen and oxygen atoms in total. The first-order chi connectivity index (χ1) is 16.0. The number of rotatable bonds is 10. The molecule has 0 heterocycles. The van der Waals surface area contributed by atoms with Crippen LogP contribution in [0.15, 0.2) is 78.9 Å². The number of nitrogens with one attached hydrogen (secondary N) is 1. The Morgan fingerprint density at radius 2 is 1.52 bits per heavy atom. The van der Waals surface area contributed by atoms with Crippen LogP contribution >= 0.6 is 0 Å². The van der Waals surface area contributed by atoms with Crippen LogP contribution in [0.1, 0.15) is 42.0 Å². The van der Waals surface area contributed by atoms with Crippen molar-refractivity contribution >= 4 is 11.8 Å². The Labute approximate surface area is 195 Å². The van der Waals surface area contributed by atoms with Crippen molar-refractivity contribution in [3.63, 3.8) is 0 Å². The van der Waals surface area contributed by atoms with Gasteiger partial charge in [0.2, 0.25) is 11.8 Å². The summed E-state index contributed by atoms with van der Waals surface area (Å²) in [5.74, 6) is -0.624. The van der Waals surface area contributed by atoms with Gasteiger partial charge in [-0.05, 0) is 42.2 Å². The molecule has 0 radical (unpaired) electrons. The van der Waals surface area contributed by atoms with Gasteiger partial charge in [-0.3, -0.25) is 9.59 Å². The molecule has 3 aromatic carbocycles. The number of aryl methyl sites for hydroxylation is 1. The van der Waals surface area contributed by atoms with Gasteiger partial charge in [-0.15, -0.1) is 0 Å². The molecule has 0 saturated heterocycles. The Balaban J connectivity index is 1.86. The molecule has 0 spiro atoms. The standard InChI is InChI=1S/C28H31FN2O2/c1-3-7-27(32)31(20-24-14-16-25(29)17-15-24)26(18-22-8-5-4-6-9-22)28(33)30-19-23-12-10-21(2)11-13-23/h4-6,8-17,26H,3,7,18-20H2,1-2H3,(H,30,33)/t26-/m1/s1. The van der Waals surface area contributed by atoms with Gasteiger partial charge >= 0.3 is 0 Å². The molecule has 0 fully saturated rings. The van der Waals surface area contributed by atoms with Crippen LogP contribution in [0.4, 0.5) is 4.39 Å². The highest BCUT2D eigenvalue weighted by molar-refractivity contribution is 5.88. The summed E-state index contributed by atoms with van der Waals surface area (Å²) in [6.07, 6.45) is 1.43. The van der Waals surface area contributed by atoms with Gasteiger partial charge in [0.1, 0.15) is 11.9 Å². The molecule has 172 valence electrons. The summed E-state index contributed by atoms with van der Waals surface area (Å²) in [6.45, 7) is 4.59. The smallest absolute Gasteiger partial charge is 0.243 e. The molecule has 33 heavy (non-hydrogen) atoms. The maximum Gasteiger partial charge on any atom is 0.243 e. The Morgan fingerprint density at radius 1 is 0.879 bits per heavy atom. The topological polar surface area (TPSA) is 49.4 Å².